The van der Waals surface area contributed by atoms with E-state index >= 15 is 0 Å². The van der Waals surface area contributed by atoms with Gasteiger partial charge in [-0.05, 0) is 13.3 Å². The highest BCUT2D eigenvalue weighted by molar-refractivity contribution is 6.43. The number of nitrogens with one attached hydrogen (secondary N) is 1. The molecule has 1 saturated heterocycles. The molecule has 0 spiro atoms. The molecule has 0 aromatic rings. The van der Waals surface area contributed by atoms with Crippen molar-refractivity contribution in [1.82, 2.24) is 5.32 Å². The molecular formula is C12H18N2O7. The minimum atomic E-state index is -2.54. The van der Waals surface area contributed by atoms with E-state index in [0.717, 1.165) is 6.92 Å². The van der Waals surface area contributed by atoms with E-state index in [0.29, 0.717) is 0 Å². The molecule has 2 amide bonds. The molecule has 0 aliphatic carbocycles. The predicted molar refractivity (Wildman–Crippen MR) is 68.5 cm³/mol. The molecule has 6 N–H and O–H groups in total. The van der Waals surface area contributed by atoms with Crippen molar-refractivity contribution in [2.75, 3.05) is 13.2 Å². The molecule has 1 aliphatic rings. The Labute approximate surface area is 120 Å². The second-order valence-electron chi connectivity index (χ2n) is 5.00. The molecule has 0 radical (unpaired) electrons. The van der Waals surface area contributed by atoms with Gasteiger partial charge in [0.05, 0.1) is 13.2 Å². The van der Waals surface area contributed by atoms with Crippen LogP contribution in [0, 0.1) is 0 Å². The number of amides is 2. The van der Waals surface area contributed by atoms with Gasteiger partial charge in [0.25, 0.3) is 17.5 Å². The predicted octanol–water partition coefficient (Wildman–Crippen LogP) is -3.07. The van der Waals surface area contributed by atoms with Crippen LogP contribution >= 0.6 is 0 Å². The van der Waals surface area contributed by atoms with Crippen LogP contribution in [0.25, 0.3) is 0 Å². The van der Waals surface area contributed by atoms with Crippen LogP contribution in [0.3, 0.4) is 0 Å². The number of aliphatic hydroxyl groups is 3. The fourth-order valence-electron chi connectivity index (χ4n) is 1.81. The van der Waals surface area contributed by atoms with E-state index in [2.05, 4.69) is 6.58 Å². The molecule has 0 aromatic heterocycles. The summed E-state index contributed by atoms with van der Waals surface area (Å²) in [6, 6.07) is 0. The van der Waals surface area contributed by atoms with Gasteiger partial charge in [-0.3, -0.25) is 14.4 Å². The molecule has 0 aromatic carbocycles. The van der Waals surface area contributed by atoms with E-state index in [4.69, 9.17) is 15.6 Å². The molecule has 1 fully saturated rings. The van der Waals surface area contributed by atoms with Gasteiger partial charge in [0.2, 0.25) is 5.78 Å². The Morgan fingerprint density at radius 1 is 1.62 bits per heavy atom. The number of carbonyl (C=O) groups is 3. The quantitative estimate of drug-likeness (QED) is 0.272. The molecular weight excluding hydrogens is 284 g/mol. The highest BCUT2D eigenvalue weighted by Gasteiger charge is 2.55. The molecule has 0 bridgehead atoms. The molecule has 9 nitrogen and oxygen atoms in total. The number of primary amides is 1. The number of hydrogen-bond donors (Lipinski definition) is 5. The van der Waals surface area contributed by atoms with Crippen molar-refractivity contribution < 1.29 is 34.4 Å². The minimum Gasteiger partial charge on any atom is -0.393 e. The number of ether oxygens (including phenoxy) is 1. The maximum atomic E-state index is 11.8. The summed E-state index contributed by atoms with van der Waals surface area (Å²) in [6.07, 6.45) is -2.16. The van der Waals surface area contributed by atoms with Gasteiger partial charge < -0.3 is 31.1 Å². The summed E-state index contributed by atoms with van der Waals surface area (Å²) in [6.45, 7) is 3.20. The van der Waals surface area contributed by atoms with Crippen molar-refractivity contribution >= 4 is 17.6 Å². The number of rotatable bonds is 4. The molecule has 1 aliphatic heterocycles. The van der Waals surface area contributed by atoms with Crippen LogP contribution in [0.4, 0.5) is 0 Å². The number of ketones is 1. The van der Waals surface area contributed by atoms with Gasteiger partial charge in [-0.2, -0.15) is 0 Å². The third kappa shape index (κ3) is 3.10. The Kier molecular flexibility index (Phi) is 4.84. The van der Waals surface area contributed by atoms with E-state index in [1.54, 1.807) is 0 Å². The van der Waals surface area contributed by atoms with Crippen LogP contribution in [0.15, 0.2) is 12.2 Å². The first-order valence-corrected chi connectivity index (χ1v) is 6.08. The van der Waals surface area contributed by atoms with Gasteiger partial charge in [-0.25, -0.2) is 0 Å². The average Bonchev–Trinajstić information content (AvgIpc) is 2.42. The molecule has 21 heavy (non-hydrogen) atoms. The molecule has 118 valence electrons. The lowest BCUT2D eigenvalue weighted by molar-refractivity contribution is -0.213. The zero-order valence-corrected chi connectivity index (χ0v) is 11.5. The van der Waals surface area contributed by atoms with Gasteiger partial charge in [0.1, 0.15) is 11.7 Å². The number of aliphatic hydroxyl groups excluding tert-OH is 2. The second-order valence-corrected chi connectivity index (χ2v) is 5.00. The van der Waals surface area contributed by atoms with Crippen LogP contribution in [-0.4, -0.2) is 63.6 Å². The van der Waals surface area contributed by atoms with Crippen molar-refractivity contribution in [2.45, 2.75) is 30.8 Å². The van der Waals surface area contributed by atoms with Crippen LogP contribution < -0.4 is 11.1 Å². The number of hydrogen-bond acceptors (Lipinski definition) is 7. The van der Waals surface area contributed by atoms with Crippen molar-refractivity contribution in [3.63, 3.8) is 0 Å². The zero-order valence-electron chi connectivity index (χ0n) is 11.5. The smallest absolute Gasteiger partial charge is 0.294 e. The maximum absolute atomic E-state index is 11.8. The summed E-state index contributed by atoms with van der Waals surface area (Å²) in [5, 5.41) is 31.0. The molecule has 0 unspecified atom stereocenters. The Hall–Kier alpha value is -1.81. The molecule has 1 rings (SSSR count). The van der Waals surface area contributed by atoms with E-state index in [1.807, 2.05) is 5.32 Å². The van der Waals surface area contributed by atoms with Gasteiger partial charge in [-0.15, -0.1) is 0 Å². The Morgan fingerprint density at radius 2 is 2.19 bits per heavy atom. The summed E-state index contributed by atoms with van der Waals surface area (Å²) >= 11 is 0. The highest BCUT2D eigenvalue weighted by Crippen LogP contribution is 2.25. The third-order valence-corrected chi connectivity index (χ3v) is 3.22. The van der Waals surface area contributed by atoms with E-state index in [-0.39, 0.29) is 18.6 Å². The van der Waals surface area contributed by atoms with Crippen LogP contribution in [0.1, 0.15) is 13.3 Å². The van der Waals surface area contributed by atoms with E-state index < -0.39 is 41.6 Å². The summed E-state index contributed by atoms with van der Waals surface area (Å²) in [5.74, 6) is -3.57. The lowest BCUT2D eigenvalue weighted by atomic mass is 9.89. The maximum Gasteiger partial charge on any atom is 0.294 e. The fourth-order valence-corrected chi connectivity index (χ4v) is 1.81. The standard InChI is InChI=1S/C12H18N2O7/c1-6-3-4-21-12(10(13)19,14-8(17)7(6)16)9(18)11(2,20)5-15/h9,15,18,20H,1,3-5H2,2H3,(H2,13,19)(H,14,17)/t9-,11-,12-/m0/s1. The first-order valence-electron chi connectivity index (χ1n) is 6.08. The molecule has 0 saturated carbocycles. The van der Waals surface area contributed by atoms with Crippen LogP contribution in [-0.2, 0) is 19.1 Å². The SMILES string of the molecule is C=C1CCO[C@](C(N)=O)([C@@H](O)[C@@](C)(O)CO)NC(=O)C1=O. The minimum absolute atomic E-state index is 0.0334. The third-order valence-electron chi connectivity index (χ3n) is 3.22. The first kappa shape index (κ1) is 17.2. The topological polar surface area (TPSA) is 159 Å². The second kappa shape index (κ2) is 5.90. The zero-order chi connectivity index (χ0) is 16.4. The first-order chi connectivity index (χ1) is 9.58. The average molecular weight is 302 g/mol. The summed E-state index contributed by atoms with van der Waals surface area (Å²) in [5.41, 5.74) is 0.370. The number of nitrogens with two attached hydrogens (primary N) is 1. The van der Waals surface area contributed by atoms with Crippen LogP contribution in [0.2, 0.25) is 0 Å². The Bertz CT molecular complexity index is 488. The van der Waals surface area contributed by atoms with Crippen molar-refractivity contribution in [1.29, 1.82) is 0 Å². The molecule has 3 atom stereocenters. The Morgan fingerprint density at radius 3 is 2.67 bits per heavy atom. The van der Waals surface area contributed by atoms with Crippen molar-refractivity contribution in [2.24, 2.45) is 5.73 Å². The molecule has 9 heteroatoms. The van der Waals surface area contributed by atoms with Crippen LogP contribution in [0.5, 0.6) is 0 Å². The largest absolute Gasteiger partial charge is 0.393 e. The monoisotopic (exact) mass is 302 g/mol. The van der Waals surface area contributed by atoms with Gasteiger partial charge in [0, 0.05) is 5.57 Å². The van der Waals surface area contributed by atoms with Gasteiger partial charge in [-0.1, -0.05) is 6.58 Å². The molecule has 1 heterocycles. The summed E-state index contributed by atoms with van der Waals surface area (Å²) in [7, 11) is 0. The Balaban J connectivity index is 3.26. The van der Waals surface area contributed by atoms with Gasteiger partial charge >= 0.3 is 0 Å². The van der Waals surface area contributed by atoms with E-state index in [1.165, 1.54) is 0 Å². The number of carbonyl (C=O) groups excluding carboxylic acids is 3. The summed E-state index contributed by atoms with van der Waals surface area (Å²) < 4.78 is 5.13. The van der Waals surface area contributed by atoms with Crippen molar-refractivity contribution in [3.05, 3.63) is 12.2 Å². The normalized spacial score (nSPS) is 28.1. The van der Waals surface area contributed by atoms with E-state index in [9.17, 15) is 24.6 Å². The lowest BCUT2D eigenvalue weighted by Crippen LogP contribution is -2.72. The van der Waals surface area contributed by atoms with Crippen molar-refractivity contribution in [3.8, 4) is 0 Å². The summed E-state index contributed by atoms with van der Waals surface area (Å²) in [4.78, 5) is 35.1. The number of Topliss-reactive ketones (excluding diaryl/α,β-unsaturated/α-hetero) is 1. The fraction of sp³-hybridized carbons (Fsp3) is 0.583. The van der Waals surface area contributed by atoms with Gasteiger partial charge in [0.15, 0.2) is 0 Å². The lowest BCUT2D eigenvalue weighted by Gasteiger charge is -2.41. The highest BCUT2D eigenvalue weighted by atomic mass is 16.5.